The van der Waals surface area contributed by atoms with Crippen molar-refractivity contribution in [3.05, 3.63) is 60.2 Å². The minimum absolute atomic E-state index is 0.154. The van der Waals surface area contributed by atoms with Gasteiger partial charge in [-0.3, -0.25) is 4.79 Å². The van der Waals surface area contributed by atoms with Crippen LogP contribution in [0.2, 0.25) is 0 Å². The minimum atomic E-state index is -1.01. The summed E-state index contributed by atoms with van der Waals surface area (Å²) in [6.07, 6.45) is 0.154. The number of carboxylic acid groups (broad SMARTS) is 1. The van der Waals surface area contributed by atoms with Crippen LogP contribution in [0.4, 0.5) is 0 Å². The summed E-state index contributed by atoms with van der Waals surface area (Å²) in [5, 5.41) is 11.8. The molecule has 0 spiro atoms. The molecule has 0 aliphatic rings. The molecule has 1 amide bonds. The first-order valence-corrected chi connectivity index (χ1v) is 7.64. The van der Waals surface area contributed by atoms with Crippen LogP contribution >= 0.6 is 0 Å². The molecule has 2 aromatic carbocycles. The maximum atomic E-state index is 12.2. The number of carboxylic acids is 1. The number of nitrogens with one attached hydrogen (secondary N) is 1. The minimum Gasteiger partial charge on any atom is -0.480 e. The van der Waals surface area contributed by atoms with Gasteiger partial charge in [0.05, 0.1) is 6.42 Å². The van der Waals surface area contributed by atoms with Crippen LogP contribution in [0.25, 0.3) is 11.1 Å². The molecule has 2 rings (SSSR count). The van der Waals surface area contributed by atoms with Gasteiger partial charge in [-0.15, -0.1) is 0 Å². The van der Waals surface area contributed by atoms with E-state index in [-0.39, 0.29) is 18.2 Å². The Hall–Kier alpha value is -2.62. The highest BCUT2D eigenvalue weighted by Gasteiger charge is 2.23. The molecule has 1 atom stereocenters. The van der Waals surface area contributed by atoms with E-state index in [9.17, 15) is 14.7 Å². The molecule has 2 aromatic rings. The smallest absolute Gasteiger partial charge is 0.326 e. The van der Waals surface area contributed by atoms with Gasteiger partial charge < -0.3 is 10.4 Å². The van der Waals surface area contributed by atoms with Crippen LogP contribution in [0.3, 0.4) is 0 Å². The molecule has 0 bridgehead atoms. The Balaban J connectivity index is 2.18. The van der Waals surface area contributed by atoms with Crippen LogP contribution < -0.4 is 5.32 Å². The molecule has 0 fully saturated rings. The second-order valence-corrected chi connectivity index (χ2v) is 5.83. The van der Waals surface area contributed by atoms with E-state index >= 15 is 0 Å². The van der Waals surface area contributed by atoms with Crippen LogP contribution in [0.15, 0.2) is 54.6 Å². The number of hydrogen-bond donors (Lipinski definition) is 2. The Morgan fingerprint density at radius 3 is 2.22 bits per heavy atom. The lowest BCUT2D eigenvalue weighted by Gasteiger charge is -2.18. The van der Waals surface area contributed by atoms with E-state index < -0.39 is 12.0 Å². The molecule has 4 heteroatoms. The molecule has 2 N–H and O–H groups in total. The number of benzene rings is 2. The Morgan fingerprint density at radius 1 is 1.00 bits per heavy atom. The second-order valence-electron chi connectivity index (χ2n) is 5.83. The van der Waals surface area contributed by atoms with E-state index in [1.54, 1.807) is 13.8 Å². The molecule has 0 aliphatic carbocycles. The van der Waals surface area contributed by atoms with Crippen LogP contribution in [-0.2, 0) is 16.0 Å². The third-order valence-corrected chi connectivity index (χ3v) is 3.70. The molecular formula is C19H21NO3. The summed E-state index contributed by atoms with van der Waals surface area (Å²) < 4.78 is 0. The van der Waals surface area contributed by atoms with E-state index in [4.69, 9.17) is 0 Å². The zero-order chi connectivity index (χ0) is 16.8. The summed E-state index contributed by atoms with van der Waals surface area (Å²) in [5.41, 5.74) is 2.90. The van der Waals surface area contributed by atoms with Gasteiger partial charge in [0.25, 0.3) is 0 Å². The highest BCUT2D eigenvalue weighted by molar-refractivity contribution is 5.86. The van der Waals surface area contributed by atoms with Gasteiger partial charge in [-0.25, -0.2) is 4.79 Å². The zero-order valence-corrected chi connectivity index (χ0v) is 13.3. The van der Waals surface area contributed by atoms with Crippen molar-refractivity contribution in [1.29, 1.82) is 0 Å². The van der Waals surface area contributed by atoms with Gasteiger partial charge in [-0.2, -0.15) is 0 Å². The number of hydrogen-bond acceptors (Lipinski definition) is 2. The Bertz CT molecular complexity index is 680. The first kappa shape index (κ1) is 16.7. The van der Waals surface area contributed by atoms with Crippen LogP contribution in [0.5, 0.6) is 0 Å². The third kappa shape index (κ3) is 4.42. The summed E-state index contributed by atoms with van der Waals surface area (Å²) in [6.45, 7) is 3.55. The zero-order valence-electron chi connectivity index (χ0n) is 13.3. The van der Waals surface area contributed by atoms with Gasteiger partial charge in [0.15, 0.2) is 0 Å². The monoisotopic (exact) mass is 311 g/mol. The maximum absolute atomic E-state index is 12.2. The quantitative estimate of drug-likeness (QED) is 0.861. The van der Waals surface area contributed by atoms with E-state index in [2.05, 4.69) is 5.32 Å². The van der Waals surface area contributed by atoms with E-state index in [0.29, 0.717) is 0 Å². The molecule has 0 radical (unpaired) electrons. The fraction of sp³-hybridized carbons (Fsp3) is 0.263. The number of amides is 1. The summed E-state index contributed by atoms with van der Waals surface area (Å²) in [4.78, 5) is 23.4. The average Bonchev–Trinajstić information content (AvgIpc) is 2.53. The van der Waals surface area contributed by atoms with Crippen molar-refractivity contribution in [3.63, 3.8) is 0 Å². The van der Waals surface area contributed by atoms with Gasteiger partial charge in [0.2, 0.25) is 5.91 Å². The molecule has 0 saturated heterocycles. The highest BCUT2D eigenvalue weighted by atomic mass is 16.4. The van der Waals surface area contributed by atoms with Gasteiger partial charge >= 0.3 is 5.97 Å². The SMILES string of the molecule is CC(C)C(NC(=O)Cc1ccccc1-c1ccccc1)C(=O)O. The predicted molar refractivity (Wildman–Crippen MR) is 90.0 cm³/mol. The molecule has 4 nitrogen and oxygen atoms in total. The van der Waals surface area contributed by atoms with E-state index in [0.717, 1.165) is 16.7 Å². The van der Waals surface area contributed by atoms with E-state index in [1.807, 2.05) is 54.6 Å². The van der Waals surface area contributed by atoms with Crippen LogP contribution in [0.1, 0.15) is 19.4 Å². The summed E-state index contributed by atoms with van der Waals surface area (Å²) >= 11 is 0. The predicted octanol–water partition coefficient (Wildman–Crippen LogP) is 3.12. The highest BCUT2D eigenvalue weighted by Crippen LogP contribution is 2.23. The first-order valence-electron chi connectivity index (χ1n) is 7.64. The third-order valence-electron chi connectivity index (χ3n) is 3.70. The van der Waals surface area contributed by atoms with Gasteiger partial charge in [-0.05, 0) is 22.6 Å². The van der Waals surface area contributed by atoms with Gasteiger partial charge in [-0.1, -0.05) is 68.4 Å². The molecule has 120 valence electrons. The molecular weight excluding hydrogens is 290 g/mol. The number of aliphatic carboxylic acids is 1. The van der Waals surface area contributed by atoms with Crippen molar-refractivity contribution < 1.29 is 14.7 Å². The first-order chi connectivity index (χ1) is 11.0. The number of rotatable bonds is 6. The van der Waals surface area contributed by atoms with Gasteiger partial charge in [0, 0.05) is 0 Å². The largest absolute Gasteiger partial charge is 0.480 e. The lowest BCUT2D eigenvalue weighted by molar-refractivity contribution is -0.143. The standard InChI is InChI=1S/C19H21NO3/c1-13(2)18(19(22)23)20-17(21)12-15-10-6-7-11-16(15)14-8-4-3-5-9-14/h3-11,13,18H,12H2,1-2H3,(H,20,21)(H,22,23). The number of carbonyl (C=O) groups excluding carboxylic acids is 1. The molecule has 0 aromatic heterocycles. The Kier molecular flexibility index (Phi) is 5.52. The van der Waals surface area contributed by atoms with Gasteiger partial charge in [0.1, 0.15) is 6.04 Å². The van der Waals surface area contributed by atoms with Crippen molar-refractivity contribution in [2.24, 2.45) is 5.92 Å². The Labute approximate surface area is 136 Å². The lowest BCUT2D eigenvalue weighted by Crippen LogP contribution is -2.44. The Morgan fingerprint density at radius 2 is 1.61 bits per heavy atom. The lowest BCUT2D eigenvalue weighted by atomic mass is 9.97. The van der Waals surface area contributed by atoms with Crippen LogP contribution in [-0.4, -0.2) is 23.0 Å². The average molecular weight is 311 g/mol. The molecule has 0 heterocycles. The molecule has 0 saturated carbocycles. The van der Waals surface area contributed by atoms with Crippen molar-refractivity contribution in [1.82, 2.24) is 5.32 Å². The van der Waals surface area contributed by atoms with Crippen molar-refractivity contribution in [3.8, 4) is 11.1 Å². The summed E-state index contributed by atoms with van der Waals surface area (Å²) in [5.74, 6) is -1.46. The fourth-order valence-electron chi connectivity index (χ4n) is 2.48. The fourth-order valence-corrected chi connectivity index (χ4v) is 2.48. The normalized spacial score (nSPS) is 12.0. The molecule has 23 heavy (non-hydrogen) atoms. The second kappa shape index (κ2) is 7.58. The topological polar surface area (TPSA) is 66.4 Å². The van der Waals surface area contributed by atoms with E-state index in [1.165, 1.54) is 0 Å². The molecule has 1 unspecified atom stereocenters. The van der Waals surface area contributed by atoms with Crippen molar-refractivity contribution >= 4 is 11.9 Å². The van der Waals surface area contributed by atoms with Crippen LogP contribution in [0, 0.1) is 5.92 Å². The van der Waals surface area contributed by atoms with Crippen molar-refractivity contribution in [2.45, 2.75) is 26.3 Å². The molecule has 0 aliphatic heterocycles. The summed E-state index contributed by atoms with van der Waals surface area (Å²) in [6, 6.07) is 16.6. The number of carbonyl (C=O) groups is 2. The van der Waals surface area contributed by atoms with Crippen molar-refractivity contribution in [2.75, 3.05) is 0 Å². The maximum Gasteiger partial charge on any atom is 0.326 e. The summed E-state index contributed by atoms with van der Waals surface area (Å²) in [7, 11) is 0.